The van der Waals surface area contributed by atoms with Crippen molar-refractivity contribution in [2.75, 3.05) is 14.2 Å². The van der Waals surface area contributed by atoms with E-state index in [1.54, 1.807) is 14.2 Å². The lowest BCUT2D eigenvalue weighted by Crippen LogP contribution is -2.87. The van der Waals surface area contributed by atoms with Crippen LogP contribution in [0.3, 0.4) is 0 Å². The predicted molar refractivity (Wildman–Crippen MR) is 72.2 cm³/mol. The molecule has 3 heteroatoms. The van der Waals surface area contributed by atoms with Crippen LogP contribution in [0.15, 0.2) is 12.1 Å². The van der Waals surface area contributed by atoms with E-state index >= 15 is 0 Å². The van der Waals surface area contributed by atoms with Gasteiger partial charge in [-0.1, -0.05) is 0 Å². The highest BCUT2D eigenvalue weighted by Crippen LogP contribution is 2.30. The van der Waals surface area contributed by atoms with Crippen molar-refractivity contribution in [1.29, 1.82) is 0 Å². The van der Waals surface area contributed by atoms with Crippen molar-refractivity contribution in [3.63, 3.8) is 0 Å². The van der Waals surface area contributed by atoms with Crippen molar-refractivity contribution in [1.82, 2.24) is 0 Å². The van der Waals surface area contributed by atoms with E-state index in [9.17, 15) is 0 Å². The summed E-state index contributed by atoms with van der Waals surface area (Å²) in [5.74, 6) is 1.88. The van der Waals surface area contributed by atoms with Crippen molar-refractivity contribution in [3.8, 4) is 11.5 Å². The predicted octanol–water partition coefficient (Wildman–Crippen LogP) is 2.02. The molecule has 0 radical (unpaired) electrons. The first-order valence-corrected chi connectivity index (χ1v) is 6.80. The van der Waals surface area contributed by atoms with Gasteiger partial charge in [-0.25, -0.2) is 0 Å². The van der Waals surface area contributed by atoms with E-state index in [4.69, 9.17) is 9.47 Å². The molecule has 2 N–H and O–H groups in total. The molecule has 2 rings (SSSR count). The van der Waals surface area contributed by atoms with Crippen molar-refractivity contribution < 1.29 is 14.8 Å². The quantitative estimate of drug-likeness (QED) is 0.867. The fraction of sp³-hybridized carbons (Fsp3) is 0.600. The fourth-order valence-corrected chi connectivity index (χ4v) is 2.88. The number of nitrogens with two attached hydrogens (primary N) is 1. The number of benzene rings is 1. The molecule has 1 aliphatic carbocycles. The second-order valence-electron chi connectivity index (χ2n) is 5.07. The summed E-state index contributed by atoms with van der Waals surface area (Å²) in [6, 6.07) is 4.96. The third-order valence-corrected chi connectivity index (χ3v) is 3.93. The maximum atomic E-state index is 5.53. The largest absolute Gasteiger partial charge is 0.496 e. The summed E-state index contributed by atoms with van der Waals surface area (Å²) in [6.45, 7) is 3.05. The summed E-state index contributed by atoms with van der Waals surface area (Å²) in [5, 5.41) is 2.46. The maximum Gasteiger partial charge on any atom is 0.134 e. The molecular formula is C15H24NO2+. The fourth-order valence-electron chi connectivity index (χ4n) is 2.88. The van der Waals surface area contributed by atoms with E-state index in [1.165, 1.54) is 31.2 Å². The Balaban J connectivity index is 2.09. The molecule has 1 fully saturated rings. The minimum absolute atomic E-state index is 0.803. The summed E-state index contributed by atoms with van der Waals surface area (Å²) in [5.41, 5.74) is 2.36. The van der Waals surface area contributed by atoms with Crippen LogP contribution in [-0.2, 0) is 6.54 Å². The van der Waals surface area contributed by atoms with Gasteiger partial charge in [0, 0.05) is 11.1 Å². The van der Waals surface area contributed by atoms with Gasteiger partial charge in [-0.2, -0.15) is 0 Å². The van der Waals surface area contributed by atoms with Crippen LogP contribution in [0.4, 0.5) is 0 Å². The molecule has 0 aliphatic heterocycles. The van der Waals surface area contributed by atoms with Gasteiger partial charge in [0.05, 0.1) is 20.3 Å². The van der Waals surface area contributed by atoms with Gasteiger partial charge in [0.25, 0.3) is 0 Å². The zero-order chi connectivity index (χ0) is 13.0. The second kappa shape index (κ2) is 6.10. The molecule has 1 aromatic carbocycles. The van der Waals surface area contributed by atoms with E-state index < -0.39 is 0 Å². The van der Waals surface area contributed by atoms with Gasteiger partial charge < -0.3 is 14.8 Å². The summed E-state index contributed by atoms with van der Waals surface area (Å²) < 4.78 is 10.9. The van der Waals surface area contributed by atoms with Gasteiger partial charge in [-0.05, 0) is 44.7 Å². The molecule has 18 heavy (non-hydrogen) atoms. The number of hydrogen-bond acceptors (Lipinski definition) is 2. The molecule has 0 atom stereocenters. The van der Waals surface area contributed by atoms with Crippen molar-refractivity contribution >= 4 is 0 Å². The standard InChI is InChI=1S/C15H23NO2/c1-11-14(17-2)9-8-12(15(11)18-3)10-16-13-6-4-5-7-13/h8-9,13,16H,4-7,10H2,1-3H3/p+1. The first kappa shape index (κ1) is 13.2. The zero-order valence-electron chi connectivity index (χ0n) is 11.7. The van der Waals surface area contributed by atoms with E-state index in [1.807, 2.05) is 6.07 Å². The molecular weight excluding hydrogens is 226 g/mol. The number of methoxy groups -OCH3 is 2. The van der Waals surface area contributed by atoms with Crippen LogP contribution in [-0.4, -0.2) is 20.3 Å². The van der Waals surface area contributed by atoms with Crippen LogP contribution >= 0.6 is 0 Å². The van der Waals surface area contributed by atoms with Gasteiger partial charge in [-0.15, -0.1) is 0 Å². The lowest BCUT2D eigenvalue weighted by atomic mass is 10.1. The molecule has 1 saturated carbocycles. The Kier molecular flexibility index (Phi) is 4.48. The average molecular weight is 250 g/mol. The Morgan fingerprint density at radius 3 is 2.50 bits per heavy atom. The van der Waals surface area contributed by atoms with Gasteiger partial charge in [0.15, 0.2) is 0 Å². The first-order valence-electron chi connectivity index (χ1n) is 6.80. The van der Waals surface area contributed by atoms with Crippen molar-refractivity contribution in [3.05, 3.63) is 23.3 Å². The molecule has 0 bridgehead atoms. The first-order chi connectivity index (χ1) is 8.76. The normalized spacial score (nSPS) is 15.9. The summed E-state index contributed by atoms with van der Waals surface area (Å²) in [6.07, 6.45) is 5.49. The molecule has 0 unspecified atom stereocenters. The van der Waals surface area contributed by atoms with Gasteiger partial charge in [0.1, 0.15) is 18.0 Å². The molecule has 3 nitrogen and oxygen atoms in total. The van der Waals surface area contributed by atoms with Crippen LogP contribution in [0, 0.1) is 6.92 Å². The number of quaternary nitrogens is 1. The Labute approximate surface area is 109 Å². The SMILES string of the molecule is COc1ccc(C[NH2+]C2CCCC2)c(OC)c1C. The maximum absolute atomic E-state index is 5.53. The summed E-state index contributed by atoms with van der Waals surface area (Å²) in [7, 11) is 3.44. The molecule has 0 amide bonds. The van der Waals surface area contributed by atoms with Gasteiger partial charge in [0.2, 0.25) is 0 Å². The Morgan fingerprint density at radius 2 is 1.89 bits per heavy atom. The highest BCUT2D eigenvalue weighted by Gasteiger charge is 2.19. The average Bonchev–Trinajstić information content (AvgIpc) is 2.89. The zero-order valence-corrected chi connectivity index (χ0v) is 11.7. The molecule has 0 aromatic heterocycles. The lowest BCUT2D eigenvalue weighted by Gasteiger charge is -2.15. The molecule has 100 valence electrons. The van der Waals surface area contributed by atoms with Crippen molar-refractivity contribution in [2.45, 2.75) is 45.2 Å². The van der Waals surface area contributed by atoms with Crippen LogP contribution in [0.25, 0.3) is 0 Å². The monoisotopic (exact) mass is 250 g/mol. The second-order valence-corrected chi connectivity index (χ2v) is 5.07. The Bertz CT molecular complexity index is 398. The Hall–Kier alpha value is -1.22. The highest BCUT2D eigenvalue weighted by atomic mass is 16.5. The van der Waals surface area contributed by atoms with Gasteiger partial charge in [-0.3, -0.25) is 0 Å². The van der Waals surface area contributed by atoms with E-state index in [-0.39, 0.29) is 0 Å². The third-order valence-electron chi connectivity index (χ3n) is 3.93. The minimum atomic E-state index is 0.803. The molecule has 0 saturated heterocycles. The van der Waals surface area contributed by atoms with E-state index in [2.05, 4.69) is 18.3 Å². The molecule has 1 aliphatic rings. The lowest BCUT2D eigenvalue weighted by molar-refractivity contribution is -0.703. The topological polar surface area (TPSA) is 35.1 Å². The molecule has 0 heterocycles. The summed E-state index contributed by atoms with van der Waals surface area (Å²) in [4.78, 5) is 0. The van der Waals surface area contributed by atoms with Crippen LogP contribution in [0.5, 0.6) is 11.5 Å². The minimum Gasteiger partial charge on any atom is -0.496 e. The molecule has 1 aromatic rings. The number of hydrogen-bond donors (Lipinski definition) is 1. The van der Waals surface area contributed by atoms with Crippen LogP contribution < -0.4 is 14.8 Å². The van der Waals surface area contributed by atoms with Crippen LogP contribution in [0.2, 0.25) is 0 Å². The van der Waals surface area contributed by atoms with E-state index in [0.29, 0.717) is 0 Å². The van der Waals surface area contributed by atoms with Crippen molar-refractivity contribution in [2.24, 2.45) is 0 Å². The Morgan fingerprint density at radius 1 is 1.17 bits per heavy atom. The third kappa shape index (κ3) is 2.78. The smallest absolute Gasteiger partial charge is 0.134 e. The summed E-state index contributed by atoms with van der Waals surface area (Å²) >= 11 is 0. The van der Waals surface area contributed by atoms with Gasteiger partial charge >= 0.3 is 0 Å². The van der Waals surface area contributed by atoms with E-state index in [0.717, 1.165) is 29.6 Å². The number of rotatable bonds is 5. The highest BCUT2D eigenvalue weighted by molar-refractivity contribution is 5.48. The van der Waals surface area contributed by atoms with Crippen LogP contribution in [0.1, 0.15) is 36.8 Å². The number of ether oxygens (including phenoxy) is 2. The molecule has 0 spiro atoms.